The smallest absolute Gasteiger partial charge is 0.163 e. The monoisotopic (exact) mass is 290 g/mol. The van der Waals surface area contributed by atoms with Crippen molar-refractivity contribution in [1.82, 2.24) is 24.6 Å². The van der Waals surface area contributed by atoms with E-state index in [9.17, 15) is 0 Å². The number of hydrogen-bond donors (Lipinski definition) is 1. The number of hydrogen-bond acceptors (Lipinski definition) is 5. The van der Waals surface area contributed by atoms with E-state index in [2.05, 4.69) is 39.1 Å². The highest BCUT2D eigenvalue weighted by Gasteiger charge is 2.11. The molecule has 0 saturated heterocycles. The molecule has 1 N–H and O–H groups in total. The van der Waals surface area contributed by atoms with Crippen LogP contribution in [0.2, 0.25) is 0 Å². The molecule has 0 radical (unpaired) electrons. The minimum atomic E-state index is 0.883. The summed E-state index contributed by atoms with van der Waals surface area (Å²) in [5, 5.41) is 8.87. The van der Waals surface area contributed by atoms with E-state index in [-0.39, 0.29) is 0 Å². The van der Waals surface area contributed by atoms with Gasteiger partial charge in [-0.1, -0.05) is 13.8 Å². The van der Waals surface area contributed by atoms with E-state index in [1.807, 2.05) is 14.0 Å². The van der Waals surface area contributed by atoms with Crippen LogP contribution in [0.25, 0.3) is 11.0 Å². The molecule has 0 saturated carbocycles. The highest BCUT2D eigenvalue weighted by atomic mass is 15.3. The zero-order valence-electron chi connectivity index (χ0n) is 13.6. The van der Waals surface area contributed by atoms with E-state index >= 15 is 0 Å². The van der Waals surface area contributed by atoms with Gasteiger partial charge in [-0.3, -0.25) is 4.68 Å². The van der Waals surface area contributed by atoms with Crippen LogP contribution in [-0.2, 0) is 7.05 Å². The first-order chi connectivity index (χ1) is 10.2. The van der Waals surface area contributed by atoms with Crippen LogP contribution in [0.4, 0.5) is 5.82 Å². The van der Waals surface area contributed by atoms with E-state index in [4.69, 9.17) is 0 Å². The maximum Gasteiger partial charge on any atom is 0.163 e. The average Bonchev–Trinajstić information content (AvgIpc) is 2.79. The van der Waals surface area contributed by atoms with Crippen LogP contribution in [0.5, 0.6) is 0 Å². The molecule has 2 aromatic heterocycles. The summed E-state index contributed by atoms with van der Waals surface area (Å²) in [6.07, 6.45) is 3.94. The molecule has 21 heavy (non-hydrogen) atoms. The molecular formula is C15H26N6. The minimum Gasteiger partial charge on any atom is -0.369 e. The molecule has 0 amide bonds. The van der Waals surface area contributed by atoms with Gasteiger partial charge < -0.3 is 10.2 Å². The van der Waals surface area contributed by atoms with Crippen molar-refractivity contribution in [2.24, 2.45) is 7.05 Å². The lowest BCUT2D eigenvalue weighted by Crippen LogP contribution is -2.24. The fourth-order valence-electron chi connectivity index (χ4n) is 2.62. The normalized spacial score (nSPS) is 11.5. The van der Waals surface area contributed by atoms with Crippen LogP contribution in [0.3, 0.4) is 0 Å². The van der Waals surface area contributed by atoms with Gasteiger partial charge in [0.1, 0.15) is 12.1 Å². The van der Waals surface area contributed by atoms with E-state index in [1.165, 1.54) is 13.0 Å². The largest absolute Gasteiger partial charge is 0.369 e. The Morgan fingerprint density at radius 1 is 1.19 bits per heavy atom. The van der Waals surface area contributed by atoms with Gasteiger partial charge in [0.15, 0.2) is 5.65 Å². The summed E-state index contributed by atoms with van der Waals surface area (Å²) in [4.78, 5) is 11.1. The van der Waals surface area contributed by atoms with Crippen molar-refractivity contribution in [3.05, 3.63) is 12.0 Å². The second-order valence-electron chi connectivity index (χ2n) is 5.29. The van der Waals surface area contributed by atoms with Crippen molar-refractivity contribution in [1.29, 1.82) is 0 Å². The molecule has 2 aromatic rings. The second-order valence-corrected chi connectivity index (χ2v) is 5.29. The Balaban J connectivity index is 1.89. The predicted molar refractivity (Wildman–Crippen MR) is 86.6 cm³/mol. The highest BCUT2D eigenvalue weighted by molar-refractivity contribution is 5.88. The number of nitrogens with one attached hydrogen (secondary N) is 1. The molecule has 0 aliphatic carbocycles. The molecule has 6 nitrogen and oxygen atoms in total. The van der Waals surface area contributed by atoms with Crippen LogP contribution in [0.15, 0.2) is 6.33 Å². The van der Waals surface area contributed by atoms with Crippen LogP contribution in [-0.4, -0.2) is 50.8 Å². The molecule has 116 valence electrons. The van der Waals surface area contributed by atoms with Crippen LogP contribution in [0, 0.1) is 6.92 Å². The van der Waals surface area contributed by atoms with Crippen molar-refractivity contribution in [2.75, 3.05) is 31.5 Å². The molecule has 0 aromatic carbocycles. The van der Waals surface area contributed by atoms with Gasteiger partial charge in [-0.05, 0) is 39.4 Å². The summed E-state index contributed by atoms with van der Waals surface area (Å²) in [6.45, 7) is 10.8. The van der Waals surface area contributed by atoms with Crippen LogP contribution >= 0.6 is 0 Å². The van der Waals surface area contributed by atoms with Gasteiger partial charge in [-0.15, -0.1) is 0 Å². The molecule has 2 rings (SSSR count). The SMILES string of the molecule is CCN(CC)CCCCNc1ncnc2c1c(C)nn2C. The highest BCUT2D eigenvalue weighted by Crippen LogP contribution is 2.21. The van der Waals surface area contributed by atoms with Crippen LogP contribution < -0.4 is 5.32 Å². The number of unbranched alkanes of at least 4 members (excludes halogenated alkanes) is 1. The molecule has 0 aliphatic rings. The summed E-state index contributed by atoms with van der Waals surface area (Å²) in [6, 6.07) is 0. The van der Waals surface area contributed by atoms with Gasteiger partial charge in [0.05, 0.1) is 11.1 Å². The van der Waals surface area contributed by atoms with Gasteiger partial charge >= 0.3 is 0 Å². The van der Waals surface area contributed by atoms with Gasteiger partial charge in [0.25, 0.3) is 0 Å². The van der Waals surface area contributed by atoms with Crippen LogP contribution in [0.1, 0.15) is 32.4 Å². The summed E-state index contributed by atoms with van der Waals surface area (Å²) in [7, 11) is 1.91. The van der Waals surface area contributed by atoms with E-state index < -0.39 is 0 Å². The third-order valence-electron chi connectivity index (χ3n) is 3.88. The first-order valence-corrected chi connectivity index (χ1v) is 7.77. The zero-order valence-corrected chi connectivity index (χ0v) is 13.6. The van der Waals surface area contributed by atoms with E-state index in [1.54, 1.807) is 11.0 Å². The van der Waals surface area contributed by atoms with Crippen molar-refractivity contribution in [3.8, 4) is 0 Å². The average molecular weight is 290 g/mol. The lowest BCUT2D eigenvalue weighted by Gasteiger charge is -2.17. The predicted octanol–water partition coefficient (Wildman–Crippen LogP) is 2.21. The Morgan fingerprint density at radius 2 is 1.95 bits per heavy atom. The molecular weight excluding hydrogens is 264 g/mol. The van der Waals surface area contributed by atoms with E-state index in [0.29, 0.717) is 0 Å². The summed E-state index contributed by atoms with van der Waals surface area (Å²) >= 11 is 0. The van der Waals surface area contributed by atoms with E-state index in [0.717, 1.165) is 48.6 Å². The first kappa shape index (κ1) is 15.7. The molecule has 0 fully saturated rings. The maximum absolute atomic E-state index is 4.41. The Morgan fingerprint density at radius 3 is 2.67 bits per heavy atom. The summed E-state index contributed by atoms with van der Waals surface area (Å²) in [5.41, 5.74) is 1.85. The van der Waals surface area contributed by atoms with Crippen molar-refractivity contribution in [2.45, 2.75) is 33.6 Å². The zero-order chi connectivity index (χ0) is 15.2. The number of anilines is 1. The Bertz CT molecular complexity index is 573. The van der Waals surface area contributed by atoms with Crippen molar-refractivity contribution in [3.63, 3.8) is 0 Å². The van der Waals surface area contributed by atoms with Gasteiger partial charge in [-0.25, -0.2) is 9.97 Å². The van der Waals surface area contributed by atoms with Crippen molar-refractivity contribution < 1.29 is 0 Å². The first-order valence-electron chi connectivity index (χ1n) is 7.77. The Labute approximate surface area is 126 Å². The van der Waals surface area contributed by atoms with Gasteiger partial charge in [0, 0.05) is 13.6 Å². The topological polar surface area (TPSA) is 58.9 Å². The summed E-state index contributed by atoms with van der Waals surface area (Å²) < 4.78 is 1.80. The number of fused-ring (bicyclic) bond motifs is 1. The fraction of sp³-hybridized carbons (Fsp3) is 0.667. The molecule has 0 bridgehead atoms. The second kappa shape index (κ2) is 7.36. The maximum atomic E-state index is 4.41. The third kappa shape index (κ3) is 3.69. The Hall–Kier alpha value is -1.69. The quantitative estimate of drug-likeness (QED) is 0.755. The number of aryl methyl sites for hydroxylation is 2. The summed E-state index contributed by atoms with van der Waals surface area (Å²) in [5.74, 6) is 0.897. The molecule has 0 atom stereocenters. The lowest BCUT2D eigenvalue weighted by atomic mass is 10.2. The van der Waals surface area contributed by atoms with Gasteiger partial charge in [0.2, 0.25) is 0 Å². The Kier molecular flexibility index (Phi) is 5.50. The molecule has 2 heterocycles. The molecule has 6 heteroatoms. The molecule has 0 aliphatic heterocycles. The van der Waals surface area contributed by atoms with Crippen molar-refractivity contribution >= 4 is 16.9 Å². The minimum absolute atomic E-state index is 0.883. The number of nitrogens with zero attached hydrogens (tertiary/aromatic N) is 5. The van der Waals surface area contributed by atoms with Gasteiger partial charge in [-0.2, -0.15) is 5.10 Å². The molecule has 0 unspecified atom stereocenters. The number of aromatic nitrogens is 4. The lowest BCUT2D eigenvalue weighted by molar-refractivity contribution is 0.298. The standard InChI is InChI=1S/C15H26N6/c1-5-21(6-2)10-8-7-9-16-14-13-12(3)19-20(4)15(13)18-11-17-14/h11H,5-10H2,1-4H3,(H,16,17,18). The third-order valence-corrected chi connectivity index (χ3v) is 3.88. The fourth-order valence-corrected chi connectivity index (χ4v) is 2.62. The molecule has 0 spiro atoms. The number of rotatable bonds is 8.